The highest BCUT2D eigenvalue weighted by Gasteiger charge is 2.45. The minimum absolute atomic E-state index is 0.154. The van der Waals surface area contributed by atoms with Crippen molar-refractivity contribution < 1.29 is 13.2 Å². The zero-order chi connectivity index (χ0) is 32.9. The molecule has 0 radical (unpaired) electrons. The number of nitrogens with one attached hydrogen (secondary N) is 1. The lowest BCUT2D eigenvalue weighted by molar-refractivity contribution is -0.0880. The molecule has 4 aliphatic rings. The lowest BCUT2D eigenvalue weighted by Gasteiger charge is -2.39. The van der Waals surface area contributed by atoms with Gasteiger partial charge < -0.3 is 15.1 Å². The fourth-order valence-corrected chi connectivity index (χ4v) is 7.87. The van der Waals surface area contributed by atoms with Crippen LogP contribution in [-0.2, 0) is 5.92 Å². The van der Waals surface area contributed by atoms with Gasteiger partial charge in [-0.05, 0) is 82.5 Å². The summed E-state index contributed by atoms with van der Waals surface area (Å²) in [7, 11) is 0. The summed E-state index contributed by atoms with van der Waals surface area (Å²) in [5, 5.41) is 13.9. The third kappa shape index (κ3) is 6.82. The summed E-state index contributed by atoms with van der Waals surface area (Å²) in [6.45, 7) is 11.1. The van der Waals surface area contributed by atoms with Gasteiger partial charge in [0.05, 0.1) is 28.7 Å². The van der Waals surface area contributed by atoms with Crippen LogP contribution < -0.4 is 10.2 Å². The number of allylic oxidation sites excluding steroid dienone is 1. The van der Waals surface area contributed by atoms with E-state index in [1.54, 1.807) is 13.0 Å². The van der Waals surface area contributed by atoms with Gasteiger partial charge in [-0.2, -0.15) is 17.9 Å². The standard InChI is InChI=1S/C36H47F3N6S/c1-4-15-35(23-40,16-21-46)31-22-29-33-41-24-42-34(29)45(26(31)3)18-9-7-5-6-8-17-44-19-13-27(14-20-44)36(38,39)30-12-10-11-28(32(30)37)25(2)43-33/h10-12,22,24-25,27,46H,3-9,13-21H2,1-2H3,(H,41,42,43)/t25-,35?/m1/s1. The van der Waals surface area contributed by atoms with Gasteiger partial charge in [0, 0.05) is 23.7 Å². The minimum Gasteiger partial charge on any atom is -0.363 e. The first-order chi connectivity index (χ1) is 22.2. The highest BCUT2D eigenvalue weighted by Crippen LogP contribution is 2.48. The summed E-state index contributed by atoms with van der Waals surface area (Å²) in [5.74, 6) is -3.39. The van der Waals surface area contributed by atoms with E-state index in [2.05, 4.69) is 57.3 Å². The predicted molar refractivity (Wildman–Crippen MR) is 182 cm³/mol. The van der Waals surface area contributed by atoms with Gasteiger partial charge in [0.2, 0.25) is 0 Å². The van der Waals surface area contributed by atoms with Crippen LogP contribution in [0.2, 0.25) is 0 Å². The summed E-state index contributed by atoms with van der Waals surface area (Å²) >= 11 is 4.51. The maximum atomic E-state index is 16.1. The van der Waals surface area contributed by atoms with E-state index in [9.17, 15) is 5.26 Å². The van der Waals surface area contributed by atoms with Crippen LogP contribution >= 0.6 is 12.6 Å². The molecule has 1 aromatic heterocycles. The lowest BCUT2D eigenvalue weighted by Crippen LogP contribution is -2.40. The minimum atomic E-state index is -3.27. The molecular formula is C36H47F3N6S. The number of fused-ring (bicyclic) bond motifs is 9. The Morgan fingerprint density at radius 2 is 1.80 bits per heavy atom. The summed E-state index contributed by atoms with van der Waals surface area (Å²) in [4.78, 5) is 13.6. The Morgan fingerprint density at radius 1 is 1.09 bits per heavy atom. The largest absolute Gasteiger partial charge is 0.363 e. The zero-order valence-corrected chi connectivity index (χ0v) is 28.1. The van der Waals surface area contributed by atoms with Gasteiger partial charge in [-0.25, -0.2) is 23.1 Å². The molecule has 0 amide bonds. The Kier molecular flexibility index (Phi) is 11.0. The van der Waals surface area contributed by atoms with Gasteiger partial charge in [0.15, 0.2) is 0 Å². The average molecular weight is 653 g/mol. The van der Waals surface area contributed by atoms with Gasteiger partial charge in [0.1, 0.15) is 23.8 Å². The number of aromatic nitrogens is 2. The van der Waals surface area contributed by atoms with Crippen molar-refractivity contribution in [2.75, 3.05) is 42.1 Å². The van der Waals surface area contributed by atoms with Crippen LogP contribution in [0.3, 0.4) is 0 Å². The summed E-state index contributed by atoms with van der Waals surface area (Å²) in [6.07, 6.45) is 11.3. The molecule has 1 aromatic carbocycles. The molecule has 6 rings (SSSR count). The van der Waals surface area contributed by atoms with E-state index < -0.39 is 34.7 Å². The molecule has 1 N–H and O–H groups in total. The van der Waals surface area contributed by atoms with Crippen molar-refractivity contribution in [3.05, 3.63) is 64.9 Å². The quantitative estimate of drug-likeness (QED) is 0.315. The number of hydrogen-bond acceptors (Lipinski definition) is 7. The van der Waals surface area contributed by atoms with Gasteiger partial charge >= 0.3 is 0 Å². The molecule has 2 aromatic rings. The van der Waals surface area contributed by atoms with Crippen LogP contribution in [0.5, 0.6) is 0 Å². The number of anilines is 2. The zero-order valence-electron chi connectivity index (χ0n) is 27.2. The SMILES string of the molecule is C=C1C(C(C#N)(CCC)CCS)=Cc2c3ncnc2N1CCCCCCCN1CCC(CC1)C(F)(F)c1cccc(c1F)[C@@H](C)N3. The molecule has 2 atom stereocenters. The summed E-state index contributed by atoms with van der Waals surface area (Å²) in [6, 6.07) is 6.25. The predicted octanol–water partition coefficient (Wildman–Crippen LogP) is 8.90. The van der Waals surface area contributed by atoms with Crippen LogP contribution in [0.4, 0.5) is 24.8 Å². The second-order valence-corrected chi connectivity index (χ2v) is 13.6. The third-order valence-corrected chi connectivity index (χ3v) is 10.4. The Labute approximate surface area is 277 Å². The number of benzene rings is 1. The van der Waals surface area contributed by atoms with E-state index in [1.807, 2.05) is 6.08 Å². The molecule has 248 valence electrons. The fraction of sp³-hybridized carbons (Fsp3) is 0.583. The number of nitriles is 1. The first-order valence-corrected chi connectivity index (χ1v) is 17.5. The van der Waals surface area contributed by atoms with Crippen LogP contribution in [0, 0.1) is 28.5 Å². The molecule has 4 aliphatic heterocycles. The number of rotatable bonds is 5. The van der Waals surface area contributed by atoms with E-state index in [-0.39, 0.29) is 5.56 Å². The molecule has 0 aliphatic carbocycles. The van der Waals surface area contributed by atoms with Crippen molar-refractivity contribution in [3.63, 3.8) is 0 Å². The topological polar surface area (TPSA) is 68.1 Å². The van der Waals surface area contributed by atoms with E-state index >= 15 is 13.2 Å². The van der Waals surface area contributed by atoms with Crippen molar-refractivity contribution in [2.45, 2.75) is 90.0 Å². The molecule has 0 spiro atoms. The molecule has 8 bridgehead atoms. The Bertz CT molecular complexity index is 1460. The molecule has 1 unspecified atom stereocenters. The van der Waals surface area contributed by atoms with Crippen molar-refractivity contribution in [1.82, 2.24) is 14.9 Å². The third-order valence-electron chi connectivity index (χ3n) is 10.2. The Balaban J connectivity index is 1.58. The second kappa shape index (κ2) is 14.8. The van der Waals surface area contributed by atoms with Crippen LogP contribution in [0.25, 0.3) is 6.08 Å². The second-order valence-electron chi connectivity index (χ2n) is 13.1. The number of alkyl halides is 2. The van der Waals surface area contributed by atoms with Gasteiger partial charge in [-0.15, -0.1) is 0 Å². The smallest absolute Gasteiger partial charge is 0.278 e. The first-order valence-electron chi connectivity index (χ1n) is 16.9. The molecule has 1 fully saturated rings. The van der Waals surface area contributed by atoms with E-state index in [1.165, 1.54) is 18.5 Å². The van der Waals surface area contributed by atoms with Crippen LogP contribution in [0.1, 0.15) is 101 Å². The average Bonchev–Trinajstić information content (AvgIpc) is 3.04. The van der Waals surface area contributed by atoms with Crippen LogP contribution in [-0.4, -0.2) is 46.8 Å². The first kappa shape index (κ1) is 34.3. The Morgan fingerprint density at radius 3 is 2.50 bits per heavy atom. The van der Waals surface area contributed by atoms with Crippen molar-refractivity contribution in [1.29, 1.82) is 5.26 Å². The number of thiol groups is 1. The summed E-state index contributed by atoms with van der Waals surface area (Å²) < 4.78 is 47.9. The molecule has 10 heteroatoms. The monoisotopic (exact) mass is 652 g/mol. The van der Waals surface area contributed by atoms with Crippen LogP contribution in [0.15, 0.2) is 42.4 Å². The van der Waals surface area contributed by atoms with Gasteiger partial charge in [-0.1, -0.05) is 57.4 Å². The maximum Gasteiger partial charge on any atom is 0.278 e. The molecular weight excluding hydrogens is 605 g/mol. The number of halogens is 3. The molecule has 6 nitrogen and oxygen atoms in total. The van der Waals surface area contributed by atoms with Crippen molar-refractivity contribution in [2.24, 2.45) is 11.3 Å². The normalized spacial score (nSPS) is 25.0. The van der Waals surface area contributed by atoms with E-state index in [0.717, 1.165) is 56.3 Å². The molecule has 5 heterocycles. The van der Waals surface area contributed by atoms with Gasteiger partial charge in [0.25, 0.3) is 5.92 Å². The van der Waals surface area contributed by atoms with E-state index in [0.29, 0.717) is 68.3 Å². The molecule has 0 saturated carbocycles. The maximum absolute atomic E-state index is 16.1. The Hall–Kier alpha value is -3.03. The molecule has 46 heavy (non-hydrogen) atoms. The molecule has 1 saturated heterocycles. The number of hydrogen-bond donors (Lipinski definition) is 2. The number of piperidine rings is 1. The van der Waals surface area contributed by atoms with Crippen molar-refractivity contribution >= 4 is 30.3 Å². The summed E-state index contributed by atoms with van der Waals surface area (Å²) in [5.41, 5.74) is 1.08. The van der Waals surface area contributed by atoms with Crippen molar-refractivity contribution in [3.8, 4) is 6.07 Å². The van der Waals surface area contributed by atoms with E-state index in [4.69, 9.17) is 0 Å². The fourth-order valence-electron chi connectivity index (χ4n) is 7.49. The number of nitrogens with zero attached hydrogens (tertiary/aromatic N) is 5. The van der Waals surface area contributed by atoms with Gasteiger partial charge in [-0.3, -0.25) is 0 Å². The lowest BCUT2D eigenvalue weighted by atomic mass is 9.72. The highest BCUT2D eigenvalue weighted by molar-refractivity contribution is 7.80. The highest BCUT2D eigenvalue weighted by atomic mass is 32.1.